The number of nitro groups is 1. The van der Waals surface area contributed by atoms with Gasteiger partial charge in [0.05, 0.1) is 17.6 Å². The maximum atomic E-state index is 10.7. The molecule has 0 radical (unpaired) electrons. The summed E-state index contributed by atoms with van der Waals surface area (Å²) in [6, 6.07) is 6.86. The molecule has 0 aromatic heterocycles. The number of nitrogens with zero attached hydrogens (tertiary/aromatic N) is 1. The molecule has 1 aliphatic rings. The molecule has 0 spiro atoms. The summed E-state index contributed by atoms with van der Waals surface area (Å²) in [6.07, 6.45) is 2.31. The number of halogens is 1. The summed E-state index contributed by atoms with van der Waals surface area (Å²) < 4.78 is 5.68. The molecule has 0 saturated carbocycles. The van der Waals surface area contributed by atoms with Crippen LogP contribution in [0.1, 0.15) is 24.3 Å². The summed E-state index contributed by atoms with van der Waals surface area (Å²) >= 11 is 3.40. The lowest BCUT2D eigenvalue weighted by atomic mass is 9.91. The molecule has 1 heterocycles. The summed E-state index contributed by atoms with van der Waals surface area (Å²) in [6.45, 7) is 0.650. The van der Waals surface area contributed by atoms with Gasteiger partial charge in [0.2, 0.25) is 0 Å². The molecule has 0 N–H and O–H groups in total. The van der Waals surface area contributed by atoms with Crippen LogP contribution in [0.3, 0.4) is 0 Å². The van der Waals surface area contributed by atoms with Crippen LogP contribution in [0.25, 0.3) is 0 Å². The predicted octanol–water partition coefficient (Wildman–Crippen LogP) is 3.25. The number of nitro benzene ring substituents is 1. The molecule has 1 aromatic carbocycles. The van der Waals surface area contributed by atoms with Gasteiger partial charge in [-0.1, -0.05) is 28.1 Å². The fourth-order valence-corrected chi connectivity index (χ4v) is 2.59. The number of rotatable bonds is 3. The molecule has 92 valence electrons. The fraction of sp³-hybridized carbons (Fsp3) is 0.500. The number of hydrogen-bond donors (Lipinski definition) is 0. The van der Waals surface area contributed by atoms with Crippen LogP contribution < -0.4 is 0 Å². The van der Waals surface area contributed by atoms with Gasteiger partial charge in [-0.25, -0.2) is 0 Å². The third-order valence-corrected chi connectivity index (χ3v) is 3.82. The molecule has 2 atom stereocenters. The van der Waals surface area contributed by atoms with Gasteiger partial charge in [-0.15, -0.1) is 0 Å². The summed E-state index contributed by atoms with van der Waals surface area (Å²) in [5.74, 6) is 0.283. The second-order valence-corrected chi connectivity index (χ2v) is 4.88. The van der Waals surface area contributed by atoms with E-state index < -0.39 is 0 Å². The highest BCUT2D eigenvalue weighted by molar-refractivity contribution is 9.09. The van der Waals surface area contributed by atoms with Gasteiger partial charge < -0.3 is 4.74 Å². The van der Waals surface area contributed by atoms with Crippen LogP contribution in [0.5, 0.6) is 0 Å². The van der Waals surface area contributed by atoms with Gasteiger partial charge in [0.25, 0.3) is 5.69 Å². The predicted molar refractivity (Wildman–Crippen MR) is 68.6 cm³/mol. The first-order valence-electron chi connectivity index (χ1n) is 5.62. The quantitative estimate of drug-likeness (QED) is 0.489. The van der Waals surface area contributed by atoms with Gasteiger partial charge in [-0.2, -0.15) is 0 Å². The van der Waals surface area contributed by atoms with Crippen LogP contribution in [0.4, 0.5) is 5.69 Å². The molecular formula is C12H14BrNO3. The van der Waals surface area contributed by atoms with Crippen molar-refractivity contribution < 1.29 is 9.66 Å². The first-order valence-corrected chi connectivity index (χ1v) is 6.74. The van der Waals surface area contributed by atoms with Crippen molar-refractivity contribution in [2.45, 2.75) is 24.9 Å². The lowest BCUT2D eigenvalue weighted by Crippen LogP contribution is -2.25. The molecule has 0 amide bonds. The fourth-order valence-electron chi connectivity index (χ4n) is 2.08. The van der Waals surface area contributed by atoms with E-state index in [1.165, 1.54) is 6.07 Å². The molecule has 1 fully saturated rings. The minimum Gasteiger partial charge on any atom is -0.377 e. The minimum atomic E-state index is -0.353. The molecule has 2 rings (SSSR count). The zero-order chi connectivity index (χ0) is 12.3. The number of benzene rings is 1. The number of alkyl halides is 1. The zero-order valence-electron chi connectivity index (χ0n) is 9.34. The van der Waals surface area contributed by atoms with E-state index in [4.69, 9.17) is 4.74 Å². The highest BCUT2D eigenvalue weighted by atomic mass is 79.9. The molecular weight excluding hydrogens is 286 g/mol. The largest absolute Gasteiger partial charge is 0.377 e. The van der Waals surface area contributed by atoms with Crippen LogP contribution in [0.15, 0.2) is 24.3 Å². The topological polar surface area (TPSA) is 52.4 Å². The Morgan fingerprint density at radius 1 is 1.47 bits per heavy atom. The minimum absolute atomic E-state index is 0.158. The van der Waals surface area contributed by atoms with Crippen molar-refractivity contribution >= 4 is 21.6 Å². The van der Waals surface area contributed by atoms with E-state index in [-0.39, 0.29) is 22.6 Å². The molecule has 4 nitrogen and oxygen atoms in total. The van der Waals surface area contributed by atoms with Gasteiger partial charge in [0.15, 0.2) is 0 Å². The average Bonchev–Trinajstić information content (AvgIpc) is 2.39. The normalized spacial score (nSPS) is 24.5. The molecule has 1 aromatic rings. The van der Waals surface area contributed by atoms with Crippen LogP contribution >= 0.6 is 15.9 Å². The van der Waals surface area contributed by atoms with E-state index in [1.807, 2.05) is 6.07 Å². The van der Waals surface area contributed by atoms with Crippen molar-refractivity contribution in [2.75, 3.05) is 11.9 Å². The van der Waals surface area contributed by atoms with E-state index in [2.05, 4.69) is 15.9 Å². The summed E-state index contributed by atoms with van der Waals surface area (Å²) in [5, 5.41) is 11.6. The van der Waals surface area contributed by atoms with Crippen molar-refractivity contribution in [1.29, 1.82) is 0 Å². The number of hydrogen-bond acceptors (Lipinski definition) is 3. The Morgan fingerprint density at radius 2 is 2.29 bits per heavy atom. The number of ether oxygens (including phenoxy) is 1. The smallest absolute Gasteiger partial charge is 0.269 e. The SMILES string of the molecule is O=[N+]([O-])c1cccc([C@H]2CC[C@@H](CBr)OC2)c1. The van der Waals surface area contributed by atoms with Crippen LogP contribution in [0.2, 0.25) is 0 Å². The first-order chi connectivity index (χ1) is 8.20. The van der Waals surface area contributed by atoms with E-state index in [1.54, 1.807) is 12.1 Å². The van der Waals surface area contributed by atoms with Crippen molar-refractivity contribution in [1.82, 2.24) is 0 Å². The Hall–Kier alpha value is -0.940. The van der Waals surface area contributed by atoms with Crippen molar-refractivity contribution in [3.8, 4) is 0 Å². The second kappa shape index (κ2) is 5.60. The standard InChI is InChI=1S/C12H14BrNO3/c13-7-12-5-4-10(8-17-12)9-2-1-3-11(6-9)14(15)16/h1-3,6,10,12H,4-5,7-8H2/t10-,12-/m0/s1. The van der Waals surface area contributed by atoms with Gasteiger partial charge >= 0.3 is 0 Å². The summed E-state index contributed by atoms with van der Waals surface area (Å²) in [7, 11) is 0. The third kappa shape index (κ3) is 3.04. The monoisotopic (exact) mass is 299 g/mol. The maximum absolute atomic E-state index is 10.7. The Labute approximate surface area is 108 Å². The van der Waals surface area contributed by atoms with Gasteiger partial charge in [-0.3, -0.25) is 10.1 Å². The molecule has 17 heavy (non-hydrogen) atoms. The average molecular weight is 300 g/mol. The number of non-ortho nitro benzene ring substituents is 1. The van der Waals surface area contributed by atoms with E-state index in [0.717, 1.165) is 23.7 Å². The Kier molecular flexibility index (Phi) is 4.12. The molecule has 0 bridgehead atoms. The maximum Gasteiger partial charge on any atom is 0.269 e. The lowest BCUT2D eigenvalue weighted by Gasteiger charge is -2.28. The van der Waals surface area contributed by atoms with Gasteiger partial charge in [0.1, 0.15) is 0 Å². The van der Waals surface area contributed by atoms with Crippen LogP contribution in [-0.2, 0) is 4.74 Å². The molecule has 1 saturated heterocycles. The first kappa shape index (κ1) is 12.5. The Bertz CT molecular complexity index is 402. The highest BCUT2D eigenvalue weighted by Crippen LogP contribution is 2.30. The Morgan fingerprint density at radius 3 is 2.88 bits per heavy atom. The van der Waals surface area contributed by atoms with Crippen molar-refractivity contribution in [3.63, 3.8) is 0 Å². The van der Waals surface area contributed by atoms with Crippen molar-refractivity contribution in [3.05, 3.63) is 39.9 Å². The zero-order valence-corrected chi connectivity index (χ0v) is 10.9. The van der Waals surface area contributed by atoms with Gasteiger partial charge in [0, 0.05) is 23.4 Å². The van der Waals surface area contributed by atoms with Gasteiger partial charge in [-0.05, 0) is 18.4 Å². The third-order valence-electron chi connectivity index (χ3n) is 3.09. The van der Waals surface area contributed by atoms with E-state index >= 15 is 0 Å². The van der Waals surface area contributed by atoms with Crippen LogP contribution in [0, 0.1) is 10.1 Å². The van der Waals surface area contributed by atoms with E-state index in [9.17, 15) is 10.1 Å². The molecule has 5 heteroatoms. The van der Waals surface area contributed by atoms with E-state index in [0.29, 0.717) is 6.61 Å². The second-order valence-electron chi connectivity index (χ2n) is 4.24. The van der Waals surface area contributed by atoms with Crippen molar-refractivity contribution in [2.24, 2.45) is 0 Å². The lowest BCUT2D eigenvalue weighted by molar-refractivity contribution is -0.384. The Balaban J connectivity index is 2.08. The summed E-state index contributed by atoms with van der Waals surface area (Å²) in [5.41, 5.74) is 1.16. The molecule has 1 aliphatic heterocycles. The molecule has 0 aliphatic carbocycles. The van der Waals surface area contributed by atoms with Crippen LogP contribution in [-0.4, -0.2) is 23.0 Å². The molecule has 0 unspecified atom stereocenters. The highest BCUT2D eigenvalue weighted by Gasteiger charge is 2.23. The summed E-state index contributed by atoms with van der Waals surface area (Å²) in [4.78, 5) is 10.3.